The van der Waals surface area contributed by atoms with E-state index in [2.05, 4.69) is 15.5 Å². The van der Waals surface area contributed by atoms with Gasteiger partial charge in [-0.2, -0.15) is 0 Å². The molecule has 0 radical (unpaired) electrons. The predicted octanol–water partition coefficient (Wildman–Crippen LogP) is 2.34. The second-order valence-corrected chi connectivity index (χ2v) is 8.82. The van der Waals surface area contributed by atoms with E-state index < -0.39 is 12.0 Å². The van der Waals surface area contributed by atoms with Gasteiger partial charge in [-0.15, -0.1) is 0 Å². The average molecular weight is 518 g/mol. The van der Waals surface area contributed by atoms with Crippen LogP contribution < -0.4 is 20.1 Å². The van der Waals surface area contributed by atoms with E-state index in [4.69, 9.17) is 14.2 Å². The molecule has 1 unspecified atom stereocenters. The third-order valence-electron chi connectivity index (χ3n) is 6.55. The maximum absolute atomic E-state index is 13.3. The van der Waals surface area contributed by atoms with Crippen LogP contribution >= 0.6 is 0 Å². The molecule has 204 valence electrons. The Balaban J connectivity index is 1.94. The van der Waals surface area contributed by atoms with Crippen molar-refractivity contribution in [3.8, 4) is 11.5 Å². The van der Waals surface area contributed by atoms with Gasteiger partial charge >= 0.3 is 18.0 Å². The van der Waals surface area contributed by atoms with E-state index >= 15 is 0 Å². The van der Waals surface area contributed by atoms with Crippen molar-refractivity contribution in [3.05, 3.63) is 35.0 Å². The summed E-state index contributed by atoms with van der Waals surface area (Å²) in [7, 11) is 3.09. The van der Waals surface area contributed by atoms with Crippen molar-refractivity contribution in [2.45, 2.75) is 33.2 Å². The van der Waals surface area contributed by atoms with Gasteiger partial charge in [-0.25, -0.2) is 14.4 Å². The quantitative estimate of drug-likeness (QED) is 0.458. The number of likely N-dealkylation sites (N-methyl/N-ethyl adjacent to an activating group) is 1. The van der Waals surface area contributed by atoms with Gasteiger partial charge in [-0.3, -0.25) is 9.80 Å². The van der Waals surface area contributed by atoms with Crippen molar-refractivity contribution in [1.82, 2.24) is 25.3 Å². The highest BCUT2D eigenvalue weighted by Crippen LogP contribution is 2.36. The molecular formula is C26H39N5O6. The third-order valence-corrected chi connectivity index (χ3v) is 6.55. The Kier molecular flexibility index (Phi) is 10.0. The number of methoxy groups -OCH3 is 2. The maximum Gasteiger partial charge on any atom is 0.338 e. The Bertz CT molecular complexity index is 1010. The van der Waals surface area contributed by atoms with Gasteiger partial charge in [-0.05, 0) is 38.0 Å². The van der Waals surface area contributed by atoms with Crippen molar-refractivity contribution in [1.29, 1.82) is 0 Å². The van der Waals surface area contributed by atoms with Crippen LogP contribution in [0.2, 0.25) is 0 Å². The van der Waals surface area contributed by atoms with Gasteiger partial charge in [-0.1, -0.05) is 13.0 Å². The number of ether oxygens (including phenoxy) is 3. The van der Waals surface area contributed by atoms with Crippen LogP contribution in [0.5, 0.6) is 11.5 Å². The van der Waals surface area contributed by atoms with Crippen molar-refractivity contribution in [2.24, 2.45) is 0 Å². The van der Waals surface area contributed by atoms with Crippen LogP contribution in [0, 0.1) is 0 Å². The zero-order valence-corrected chi connectivity index (χ0v) is 22.5. The molecule has 0 aromatic heterocycles. The Morgan fingerprint density at radius 3 is 2.35 bits per heavy atom. The van der Waals surface area contributed by atoms with Crippen LogP contribution in [0.4, 0.5) is 9.59 Å². The SMILES string of the molecule is CCCNC(=O)N1CCN(CC2=C(C(=O)OCC)C(c3ccc(OC)c(OC)c3)NC(=O)N2CC)CC1. The molecule has 0 spiro atoms. The van der Waals surface area contributed by atoms with E-state index in [-0.39, 0.29) is 18.7 Å². The smallest absolute Gasteiger partial charge is 0.338 e. The van der Waals surface area contributed by atoms with Crippen molar-refractivity contribution < 1.29 is 28.6 Å². The second-order valence-electron chi connectivity index (χ2n) is 8.82. The van der Waals surface area contributed by atoms with Gasteiger partial charge < -0.3 is 29.7 Å². The molecule has 4 amide bonds. The molecule has 1 aromatic rings. The third kappa shape index (κ3) is 6.46. The molecule has 1 aromatic carbocycles. The number of urea groups is 2. The van der Waals surface area contributed by atoms with Crippen LogP contribution in [0.3, 0.4) is 0 Å². The number of carbonyl (C=O) groups is 3. The monoisotopic (exact) mass is 517 g/mol. The van der Waals surface area contributed by atoms with Crippen LogP contribution in [-0.2, 0) is 9.53 Å². The molecule has 2 aliphatic rings. The van der Waals surface area contributed by atoms with Crippen LogP contribution in [0.25, 0.3) is 0 Å². The first-order valence-corrected chi connectivity index (χ1v) is 12.8. The summed E-state index contributed by atoms with van der Waals surface area (Å²) in [5.74, 6) is 0.564. The Morgan fingerprint density at radius 1 is 1.05 bits per heavy atom. The Morgan fingerprint density at radius 2 is 1.76 bits per heavy atom. The fraction of sp³-hybridized carbons (Fsp3) is 0.577. The molecule has 0 saturated carbocycles. The van der Waals surface area contributed by atoms with Gasteiger partial charge in [0, 0.05) is 51.5 Å². The van der Waals surface area contributed by atoms with E-state index in [1.807, 2.05) is 13.8 Å². The van der Waals surface area contributed by atoms with E-state index in [1.165, 1.54) is 7.11 Å². The molecule has 2 heterocycles. The highest BCUT2D eigenvalue weighted by Gasteiger charge is 2.39. The summed E-state index contributed by atoms with van der Waals surface area (Å²) in [6.45, 7) is 9.64. The zero-order chi connectivity index (χ0) is 26.9. The highest BCUT2D eigenvalue weighted by atomic mass is 16.5. The lowest BCUT2D eigenvalue weighted by atomic mass is 9.93. The standard InChI is InChI=1S/C26H39N5O6/c1-6-11-27-25(33)30-14-12-29(13-15-30)17-19-22(24(32)37-8-3)23(28-26(34)31(19)7-2)18-9-10-20(35-4)21(16-18)36-5/h9-10,16,23H,6-8,11-15,17H2,1-5H3,(H,27,33)(H,28,34). The molecule has 37 heavy (non-hydrogen) atoms. The minimum atomic E-state index is -0.717. The lowest BCUT2D eigenvalue weighted by Crippen LogP contribution is -2.55. The van der Waals surface area contributed by atoms with Crippen molar-refractivity contribution in [3.63, 3.8) is 0 Å². The first-order valence-electron chi connectivity index (χ1n) is 12.8. The molecule has 11 heteroatoms. The molecule has 1 saturated heterocycles. The molecule has 0 bridgehead atoms. The number of esters is 1. The second kappa shape index (κ2) is 13.2. The number of nitrogens with one attached hydrogen (secondary N) is 2. The summed E-state index contributed by atoms with van der Waals surface area (Å²) in [5, 5.41) is 5.89. The highest BCUT2D eigenvalue weighted by molar-refractivity contribution is 5.95. The predicted molar refractivity (Wildman–Crippen MR) is 139 cm³/mol. The van der Waals surface area contributed by atoms with Gasteiger partial charge in [0.15, 0.2) is 11.5 Å². The summed E-state index contributed by atoms with van der Waals surface area (Å²) < 4.78 is 16.3. The number of benzene rings is 1. The fourth-order valence-electron chi connectivity index (χ4n) is 4.60. The largest absolute Gasteiger partial charge is 0.493 e. The average Bonchev–Trinajstić information content (AvgIpc) is 2.91. The maximum atomic E-state index is 13.3. The first-order chi connectivity index (χ1) is 17.9. The number of amides is 4. The number of carbonyl (C=O) groups excluding carboxylic acids is 3. The molecule has 2 N–H and O–H groups in total. The zero-order valence-electron chi connectivity index (χ0n) is 22.5. The van der Waals surface area contributed by atoms with E-state index in [9.17, 15) is 14.4 Å². The van der Waals surface area contributed by atoms with Crippen LogP contribution in [0.15, 0.2) is 29.5 Å². The van der Waals surface area contributed by atoms with Gasteiger partial charge in [0.05, 0.1) is 32.4 Å². The Hall–Kier alpha value is -3.47. The number of hydrogen-bond acceptors (Lipinski definition) is 7. The van der Waals surface area contributed by atoms with Crippen LogP contribution in [0.1, 0.15) is 38.8 Å². The summed E-state index contributed by atoms with van der Waals surface area (Å²) in [4.78, 5) is 44.4. The molecule has 11 nitrogen and oxygen atoms in total. The van der Waals surface area contributed by atoms with E-state index in [1.54, 1.807) is 42.0 Å². The summed E-state index contributed by atoms with van der Waals surface area (Å²) >= 11 is 0. The molecule has 2 aliphatic heterocycles. The summed E-state index contributed by atoms with van der Waals surface area (Å²) in [6.07, 6.45) is 0.882. The Labute approximate surface area is 218 Å². The number of piperazine rings is 1. The molecule has 0 aliphatic carbocycles. The van der Waals surface area contributed by atoms with E-state index in [0.29, 0.717) is 74.1 Å². The topological polar surface area (TPSA) is 113 Å². The van der Waals surface area contributed by atoms with E-state index in [0.717, 1.165) is 6.42 Å². The minimum Gasteiger partial charge on any atom is -0.493 e. The summed E-state index contributed by atoms with van der Waals surface area (Å²) in [6, 6.07) is 4.24. The van der Waals surface area contributed by atoms with Gasteiger partial charge in [0.2, 0.25) is 0 Å². The molecule has 3 rings (SSSR count). The number of nitrogens with zero attached hydrogens (tertiary/aromatic N) is 3. The fourth-order valence-corrected chi connectivity index (χ4v) is 4.60. The van der Waals surface area contributed by atoms with Crippen LogP contribution in [-0.4, -0.2) is 99.4 Å². The first kappa shape index (κ1) is 28.1. The number of hydrogen-bond donors (Lipinski definition) is 2. The lowest BCUT2D eigenvalue weighted by molar-refractivity contribution is -0.139. The lowest BCUT2D eigenvalue weighted by Gasteiger charge is -2.40. The molecular weight excluding hydrogens is 478 g/mol. The van der Waals surface area contributed by atoms with Crippen molar-refractivity contribution in [2.75, 3.05) is 66.6 Å². The minimum absolute atomic E-state index is 0.0614. The number of rotatable bonds is 10. The summed E-state index contributed by atoms with van der Waals surface area (Å²) in [5.41, 5.74) is 1.67. The van der Waals surface area contributed by atoms with Gasteiger partial charge in [0.1, 0.15) is 0 Å². The molecule has 1 atom stereocenters. The molecule has 1 fully saturated rings. The van der Waals surface area contributed by atoms with Crippen molar-refractivity contribution >= 4 is 18.0 Å². The van der Waals surface area contributed by atoms with Gasteiger partial charge in [0.25, 0.3) is 0 Å². The normalized spacial score (nSPS) is 18.4.